The Kier molecular flexibility index (Phi) is 3.56. The predicted octanol–water partition coefficient (Wildman–Crippen LogP) is 0.911. The largest absolute Gasteiger partial charge is 0.372 e. The zero-order chi connectivity index (χ0) is 14.0. The molecule has 0 spiro atoms. The number of nitrogens with two attached hydrogens (primary N) is 1. The lowest BCUT2D eigenvalue weighted by Gasteiger charge is -2.18. The van der Waals surface area contributed by atoms with E-state index in [0.717, 1.165) is 11.7 Å². The van der Waals surface area contributed by atoms with Crippen LogP contribution in [0.3, 0.4) is 0 Å². The van der Waals surface area contributed by atoms with Crippen molar-refractivity contribution in [3.05, 3.63) is 22.2 Å². The van der Waals surface area contributed by atoms with Gasteiger partial charge in [-0.05, 0) is 6.07 Å². The minimum Gasteiger partial charge on any atom is -0.372 e. The van der Waals surface area contributed by atoms with Gasteiger partial charge >= 0.3 is 0 Å². The molecule has 1 amide bonds. The summed E-state index contributed by atoms with van der Waals surface area (Å²) in [6, 6.07) is 2.99. The Labute approximate surface area is 112 Å². The van der Waals surface area contributed by atoms with Gasteiger partial charge < -0.3 is 10.6 Å². The van der Waals surface area contributed by atoms with Crippen molar-refractivity contribution in [2.24, 2.45) is 5.73 Å². The maximum atomic E-state index is 10.9. The normalized spacial score (nSPS) is 10.6. The Balaban J connectivity index is 2.40. The van der Waals surface area contributed by atoms with Crippen LogP contribution in [0.1, 0.15) is 6.42 Å². The number of nitro benzene ring substituents is 1. The fourth-order valence-electron chi connectivity index (χ4n) is 1.69. The molecule has 0 aliphatic rings. The zero-order valence-corrected chi connectivity index (χ0v) is 10.9. The molecule has 0 fully saturated rings. The third kappa shape index (κ3) is 2.60. The maximum Gasteiger partial charge on any atom is 0.298 e. The topological polar surface area (TPSA) is 115 Å². The summed E-state index contributed by atoms with van der Waals surface area (Å²) in [7, 11) is 1.77. The third-order valence-corrected chi connectivity index (χ3v) is 3.20. The predicted molar refractivity (Wildman–Crippen MR) is 71.2 cm³/mol. The first-order valence-corrected chi connectivity index (χ1v) is 6.13. The van der Waals surface area contributed by atoms with Crippen molar-refractivity contribution in [3.63, 3.8) is 0 Å². The van der Waals surface area contributed by atoms with E-state index in [9.17, 15) is 14.9 Å². The minimum absolute atomic E-state index is 0.0733. The lowest BCUT2D eigenvalue weighted by atomic mass is 10.2. The molecule has 1 aromatic carbocycles. The van der Waals surface area contributed by atoms with E-state index in [0.29, 0.717) is 17.7 Å². The highest BCUT2D eigenvalue weighted by molar-refractivity contribution is 7.00. The van der Waals surface area contributed by atoms with Crippen LogP contribution in [-0.4, -0.2) is 33.2 Å². The summed E-state index contributed by atoms with van der Waals surface area (Å²) in [6.45, 7) is 0.416. The number of nitrogens with zero attached hydrogens (tertiary/aromatic N) is 4. The van der Waals surface area contributed by atoms with Crippen LogP contribution in [0.2, 0.25) is 0 Å². The number of nitro groups is 1. The Bertz CT molecular complexity index is 641. The van der Waals surface area contributed by atoms with Crippen LogP contribution in [-0.2, 0) is 4.79 Å². The van der Waals surface area contributed by atoms with Crippen LogP contribution >= 0.6 is 11.7 Å². The van der Waals surface area contributed by atoms with Crippen molar-refractivity contribution in [2.45, 2.75) is 6.42 Å². The standard InChI is InChI=1S/C10H11N5O3S/c1-14(5-4-8(11)16)6-2-3-7(15(17)18)10-9(6)12-19-13-10/h2-3H,4-5H2,1H3,(H2,11,16). The third-order valence-electron chi connectivity index (χ3n) is 2.67. The molecule has 1 heterocycles. The van der Waals surface area contributed by atoms with Crippen molar-refractivity contribution in [1.82, 2.24) is 8.75 Å². The summed E-state index contributed by atoms with van der Waals surface area (Å²) in [6.07, 6.45) is 0.201. The van der Waals surface area contributed by atoms with Gasteiger partial charge in [-0.3, -0.25) is 14.9 Å². The van der Waals surface area contributed by atoms with E-state index >= 15 is 0 Å². The first-order valence-electron chi connectivity index (χ1n) is 5.40. The van der Waals surface area contributed by atoms with Crippen LogP contribution < -0.4 is 10.6 Å². The molecular formula is C10H11N5O3S. The van der Waals surface area contributed by atoms with Crippen molar-refractivity contribution in [3.8, 4) is 0 Å². The van der Waals surface area contributed by atoms with Crippen LogP contribution in [0.4, 0.5) is 11.4 Å². The molecule has 2 rings (SSSR count). The Morgan fingerprint density at radius 1 is 1.47 bits per heavy atom. The maximum absolute atomic E-state index is 10.9. The molecule has 100 valence electrons. The molecule has 0 atom stereocenters. The number of hydrogen-bond acceptors (Lipinski definition) is 7. The molecular weight excluding hydrogens is 270 g/mol. The molecule has 1 aromatic heterocycles. The summed E-state index contributed by atoms with van der Waals surface area (Å²) < 4.78 is 8.03. The van der Waals surface area contributed by atoms with Gasteiger partial charge in [0, 0.05) is 26.1 Å². The molecule has 9 heteroatoms. The Hall–Kier alpha value is -2.29. The quantitative estimate of drug-likeness (QED) is 0.643. The molecule has 2 aromatic rings. The highest BCUT2D eigenvalue weighted by Gasteiger charge is 2.19. The number of benzene rings is 1. The van der Waals surface area contributed by atoms with Crippen molar-refractivity contribution in [2.75, 3.05) is 18.5 Å². The van der Waals surface area contributed by atoms with E-state index in [4.69, 9.17) is 5.73 Å². The first-order chi connectivity index (χ1) is 9.00. The van der Waals surface area contributed by atoms with Gasteiger partial charge in [0.2, 0.25) is 5.91 Å². The number of rotatable bonds is 5. The van der Waals surface area contributed by atoms with Gasteiger partial charge in [0.25, 0.3) is 5.69 Å². The number of amides is 1. The fourth-order valence-corrected chi connectivity index (χ4v) is 2.26. The number of non-ortho nitro benzene ring substituents is 1. The van der Waals surface area contributed by atoms with Crippen LogP contribution in [0, 0.1) is 10.1 Å². The summed E-state index contributed by atoms with van der Waals surface area (Å²) in [4.78, 5) is 22.9. The van der Waals surface area contributed by atoms with Crippen molar-refractivity contribution >= 4 is 40.0 Å². The molecule has 19 heavy (non-hydrogen) atoms. The van der Waals surface area contributed by atoms with E-state index in [1.165, 1.54) is 6.07 Å². The summed E-state index contributed by atoms with van der Waals surface area (Å²) in [5.41, 5.74) is 6.44. The monoisotopic (exact) mass is 281 g/mol. The second-order valence-electron chi connectivity index (χ2n) is 3.96. The summed E-state index contributed by atoms with van der Waals surface area (Å²) in [5, 5.41) is 10.9. The number of carbonyl (C=O) groups is 1. The number of aromatic nitrogens is 2. The molecule has 2 N–H and O–H groups in total. The van der Waals surface area contributed by atoms with Gasteiger partial charge in [-0.15, -0.1) is 0 Å². The summed E-state index contributed by atoms with van der Waals surface area (Å²) in [5.74, 6) is -0.401. The van der Waals surface area contributed by atoms with Crippen LogP contribution in [0.5, 0.6) is 0 Å². The molecule has 8 nitrogen and oxygen atoms in total. The summed E-state index contributed by atoms with van der Waals surface area (Å²) >= 11 is 0.918. The molecule has 0 radical (unpaired) electrons. The first kappa shape index (κ1) is 13.1. The van der Waals surface area contributed by atoms with Crippen LogP contribution in [0.25, 0.3) is 11.0 Å². The number of hydrogen-bond donors (Lipinski definition) is 1. The number of primary amides is 1. The van der Waals surface area contributed by atoms with Gasteiger partial charge in [-0.2, -0.15) is 8.75 Å². The van der Waals surface area contributed by atoms with Gasteiger partial charge in [0.05, 0.1) is 22.3 Å². The van der Waals surface area contributed by atoms with Gasteiger partial charge in [-0.25, -0.2) is 0 Å². The fraction of sp³-hybridized carbons (Fsp3) is 0.300. The smallest absolute Gasteiger partial charge is 0.298 e. The highest BCUT2D eigenvalue weighted by atomic mass is 32.1. The Morgan fingerprint density at radius 2 is 2.16 bits per heavy atom. The number of fused-ring (bicyclic) bond motifs is 1. The second-order valence-corrected chi connectivity index (χ2v) is 4.49. The number of anilines is 1. The van der Waals surface area contributed by atoms with Gasteiger partial charge in [0.15, 0.2) is 5.52 Å². The average molecular weight is 281 g/mol. The van der Waals surface area contributed by atoms with E-state index in [1.807, 2.05) is 0 Å². The zero-order valence-electron chi connectivity index (χ0n) is 10.1. The number of carbonyl (C=O) groups excluding carboxylic acids is 1. The van der Waals surface area contributed by atoms with Crippen molar-refractivity contribution in [1.29, 1.82) is 0 Å². The molecule has 0 unspecified atom stereocenters. The van der Waals surface area contributed by atoms with E-state index in [-0.39, 0.29) is 17.6 Å². The highest BCUT2D eigenvalue weighted by Crippen LogP contribution is 2.31. The average Bonchev–Trinajstić information content (AvgIpc) is 2.83. The van der Waals surface area contributed by atoms with Crippen molar-refractivity contribution < 1.29 is 9.72 Å². The SMILES string of the molecule is CN(CCC(N)=O)c1ccc([N+](=O)[O-])c2nsnc12. The Morgan fingerprint density at radius 3 is 2.79 bits per heavy atom. The molecule has 0 saturated heterocycles. The molecule has 0 aliphatic heterocycles. The lowest BCUT2D eigenvalue weighted by Crippen LogP contribution is -2.24. The van der Waals surface area contributed by atoms with E-state index < -0.39 is 10.8 Å². The lowest BCUT2D eigenvalue weighted by molar-refractivity contribution is -0.383. The minimum atomic E-state index is -0.489. The van der Waals surface area contributed by atoms with Gasteiger partial charge in [0.1, 0.15) is 5.52 Å². The van der Waals surface area contributed by atoms with Gasteiger partial charge in [-0.1, -0.05) is 0 Å². The van der Waals surface area contributed by atoms with E-state index in [1.54, 1.807) is 18.0 Å². The molecule has 0 aliphatic carbocycles. The van der Waals surface area contributed by atoms with Crippen LogP contribution in [0.15, 0.2) is 12.1 Å². The second kappa shape index (κ2) is 5.14. The molecule has 0 saturated carbocycles. The van der Waals surface area contributed by atoms with E-state index in [2.05, 4.69) is 8.75 Å². The molecule has 0 bridgehead atoms.